The van der Waals surface area contributed by atoms with E-state index in [0.29, 0.717) is 12.2 Å². The second-order valence-corrected chi connectivity index (χ2v) is 8.66. The topological polar surface area (TPSA) is 51.5 Å². The van der Waals surface area contributed by atoms with Gasteiger partial charge < -0.3 is 10.2 Å². The lowest BCUT2D eigenvalue weighted by molar-refractivity contribution is 0.669. The molecule has 0 saturated carbocycles. The van der Waals surface area contributed by atoms with Gasteiger partial charge in [-0.05, 0) is 52.2 Å². The molecule has 6 rings (SSSR count). The molecule has 0 spiro atoms. The van der Waals surface area contributed by atoms with Gasteiger partial charge in [-0.25, -0.2) is 0 Å². The maximum absolute atomic E-state index is 6.51. The highest BCUT2D eigenvalue weighted by Crippen LogP contribution is 2.29. The third kappa shape index (κ3) is 4.20. The van der Waals surface area contributed by atoms with Gasteiger partial charge in [-0.15, -0.1) is 0 Å². The predicted octanol–water partition coefficient (Wildman–Crippen LogP) is 7.73. The summed E-state index contributed by atoms with van der Waals surface area (Å²) in [5.74, 6) is 0. The Balaban J connectivity index is 1.43. The first-order valence-corrected chi connectivity index (χ1v) is 11.7. The number of allylic oxidation sites excluding steroid dienone is 1. The van der Waals surface area contributed by atoms with Crippen LogP contribution in [0.5, 0.6) is 0 Å². The highest BCUT2D eigenvalue weighted by atomic mass is 16.3. The lowest BCUT2D eigenvalue weighted by atomic mass is 10.0. The second-order valence-electron chi connectivity index (χ2n) is 8.66. The summed E-state index contributed by atoms with van der Waals surface area (Å²) in [7, 11) is 0. The molecule has 1 heterocycles. The summed E-state index contributed by atoms with van der Waals surface area (Å²) in [4.78, 5) is 5.02. The van der Waals surface area contributed by atoms with E-state index in [1.165, 1.54) is 10.8 Å². The number of rotatable bonds is 5. The Bertz CT molecular complexity index is 1730. The maximum Gasteiger partial charge on any atom is 0.136 e. The summed E-state index contributed by atoms with van der Waals surface area (Å²) in [6.07, 6.45) is 1.96. The standard InChI is InChI=1S/C32H24N2O/c33-29(24-9-2-1-3-10-24)20-30(34-21-22-14-15-23-8-4-5-11-25(23)18-22)26-16-17-28-27-12-6-7-13-31(27)35-32(28)19-26/h1-20H,21,33H2/b29-20-,34-30?. The number of aliphatic imine (C=N–C) groups is 1. The lowest BCUT2D eigenvalue weighted by Gasteiger charge is -2.07. The first-order valence-electron chi connectivity index (χ1n) is 11.7. The van der Waals surface area contributed by atoms with Crippen molar-refractivity contribution in [2.75, 3.05) is 0 Å². The van der Waals surface area contributed by atoms with Crippen LogP contribution in [0.25, 0.3) is 38.4 Å². The van der Waals surface area contributed by atoms with Crippen LogP contribution >= 0.6 is 0 Å². The van der Waals surface area contributed by atoms with E-state index in [1.54, 1.807) is 0 Å². The minimum absolute atomic E-state index is 0.552. The quantitative estimate of drug-likeness (QED) is 0.272. The number of para-hydroxylation sites is 1. The Hall–Kier alpha value is -4.63. The monoisotopic (exact) mass is 452 g/mol. The first kappa shape index (κ1) is 20.9. The zero-order valence-corrected chi connectivity index (χ0v) is 19.2. The van der Waals surface area contributed by atoms with E-state index in [2.05, 4.69) is 66.7 Å². The van der Waals surface area contributed by atoms with Crippen molar-refractivity contribution >= 4 is 44.1 Å². The number of hydrogen-bond donors (Lipinski definition) is 1. The van der Waals surface area contributed by atoms with Crippen LogP contribution < -0.4 is 5.73 Å². The highest BCUT2D eigenvalue weighted by molar-refractivity contribution is 6.14. The Kier molecular flexibility index (Phi) is 5.36. The number of hydrogen-bond acceptors (Lipinski definition) is 3. The molecule has 2 N–H and O–H groups in total. The number of benzene rings is 5. The molecule has 5 aromatic carbocycles. The van der Waals surface area contributed by atoms with Crippen LogP contribution in [0.3, 0.4) is 0 Å². The molecule has 35 heavy (non-hydrogen) atoms. The molecule has 0 fully saturated rings. The summed E-state index contributed by atoms with van der Waals surface area (Å²) in [6, 6.07) is 39.2. The molecule has 1 aromatic heterocycles. The molecule has 0 aliphatic rings. The van der Waals surface area contributed by atoms with Crippen LogP contribution in [-0.2, 0) is 6.54 Å². The fraction of sp³-hybridized carbons (Fsp3) is 0.0312. The van der Waals surface area contributed by atoms with Gasteiger partial charge >= 0.3 is 0 Å². The van der Waals surface area contributed by atoms with Gasteiger partial charge in [0.15, 0.2) is 0 Å². The molecule has 0 radical (unpaired) electrons. The van der Waals surface area contributed by atoms with Gasteiger partial charge in [0.2, 0.25) is 0 Å². The van der Waals surface area contributed by atoms with Crippen molar-refractivity contribution in [3.63, 3.8) is 0 Å². The van der Waals surface area contributed by atoms with Gasteiger partial charge in [0.05, 0.1) is 12.3 Å². The van der Waals surface area contributed by atoms with Crippen LogP contribution in [0, 0.1) is 0 Å². The Morgan fingerprint density at radius 1 is 0.657 bits per heavy atom. The zero-order chi connectivity index (χ0) is 23.6. The number of furan rings is 1. The lowest BCUT2D eigenvalue weighted by Crippen LogP contribution is -2.04. The average molecular weight is 453 g/mol. The SMILES string of the molecule is N/C(=C\C(=NCc1ccc2ccccc2c1)c1ccc2c(c1)oc1ccccc12)c1ccccc1. The van der Waals surface area contributed by atoms with Gasteiger partial charge in [0, 0.05) is 22.0 Å². The van der Waals surface area contributed by atoms with Crippen LogP contribution in [0.1, 0.15) is 16.7 Å². The van der Waals surface area contributed by atoms with E-state index in [1.807, 2.05) is 54.6 Å². The van der Waals surface area contributed by atoms with Crippen molar-refractivity contribution in [3.05, 3.63) is 138 Å². The van der Waals surface area contributed by atoms with Crippen LogP contribution in [0.15, 0.2) is 131 Å². The Labute approximate surface area is 203 Å². The van der Waals surface area contributed by atoms with Gasteiger partial charge in [-0.3, -0.25) is 4.99 Å². The van der Waals surface area contributed by atoms with Crippen molar-refractivity contribution in [1.29, 1.82) is 0 Å². The summed E-state index contributed by atoms with van der Waals surface area (Å²) in [5.41, 5.74) is 12.8. The van der Waals surface area contributed by atoms with E-state index in [9.17, 15) is 0 Å². The van der Waals surface area contributed by atoms with Gasteiger partial charge in [0.1, 0.15) is 11.2 Å². The molecule has 0 atom stereocenters. The van der Waals surface area contributed by atoms with E-state index in [-0.39, 0.29) is 0 Å². The molecular weight excluding hydrogens is 428 g/mol. The molecule has 3 nitrogen and oxygen atoms in total. The first-order chi connectivity index (χ1) is 17.2. The minimum Gasteiger partial charge on any atom is -0.456 e. The van der Waals surface area contributed by atoms with Crippen LogP contribution in [-0.4, -0.2) is 5.71 Å². The average Bonchev–Trinajstić information content (AvgIpc) is 3.29. The molecule has 0 bridgehead atoms. The van der Waals surface area contributed by atoms with Crippen molar-refractivity contribution < 1.29 is 4.42 Å². The van der Waals surface area contributed by atoms with Crippen molar-refractivity contribution in [1.82, 2.24) is 0 Å². The van der Waals surface area contributed by atoms with E-state index >= 15 is 0 Å². The summed E-state index contributed by atoms with van der Waals surface area (Å²) in [6.45, 7) is 0.552. The molecular formula is C32H24N2O. The molecule has 3 heteroatoms. The molecule has 0 aliphatic heterocycles. The van der Waals surface area contributed by atoms with Crippen molar-refractivity contribution in [2.24, 2.45) is 10.7 Å². The van der Waals surface area contributed by atoms with Gasteiger partial charge in [-0.2, -0.15) is 0 Å². The fourth-order valence-electron chi connectivity index (χ4n) is 4.48. The van der Waals surface area contributed by atoms with E-state index in [4.69, 9.17) is 15.1 Å². The van der Waals surface area contributed by atoms with E-state index < -0.39 is 0 Å². The van der Waals surface area contributed by atoms with Gasteiger partial charge in [-0.1, -0.05) is 91.0 Å². The summed E-state index contributed by atoms with van der Waals surface area (Å²) in [5, 5.41) is 4.65. The summed E-state index contributed by atoms with van der Waals surface area (Å²) >= 11 is 0. The van der Waals surface area contributed by atoms with E-state index in [0.717, 1.165) is 44.3 Å². The molecule has 0 saturated heterocycles. The van der Waals surface area contributed by atoms with Crippen molar-refractivity contribution in [2.45, 2.75) is 6.54 Å². The minimum atomic E-state index is 0.552. The molecule has 6 aromatic rings. The number of nitrogens with zero attached hydrogens (tertiary/aromatic N) is 1. The molecule has 168 valence electrons. The van der Waals surface area contributed by atoms with Crippen LogP contribution in [0.2, 0.25) is 0 Å². The highest BCUT2D eigenvalue weighted by Gasteiger charge is 2.10. The van der Waals surface area contributed by atoms with Crippen molar-refractivity contribution in [3.8, 4) is 0 Å². The normalized spacial score (nSPS) is 12.6. The zero-order valence-electron chi connectivity index (χ0n) is 19.2. The molecule has 0 amide bonds. The van der Waals surface area contributed by atoms with Gasteiger partial charge in [0.25, 0.3) is 0 Å². The fourth-order valence-corrected chi connectivity index (χ4v) is 4.48. The number of fused-ring (bicyclic) bond motifs is 4. The van der Waals surface area contributed by atoms with Crippen LogP contribution in [0.4, 0.5) is 0 Å². The smallest absolute Gasteiger partial charge is 0.136 e. The summed E-state index contributed by atoms with van der Waals surface area (Å²) < 4.78 is 6.14. The number of nitrogens with two attached hydrogens (primary N) is 1. The maximum atomic E-state index is 6.51. The molecule has 0 aliphatic carbocycles. The Morgan fingerprint density at radius 2 is 1.40 bits per heavy atom. The largest absolute Gasteiger partial charge is 0.456 e. The third-order valence-corrected chi connectivity index (χ3v) is 6.32. The second kappa shape index (κ2) is 8.96. The molecule has 0 unspecified atom stereocenters. The third-order valence-electron chi connectivity index (χ3n) is 6.32. The Morgan fingerprint density at radius 3 is 2.29 bits per heavy atom. The predicted molar refractivity (Wildman–Crippen MR) is 147 cm³/mol.